The summed E-state index contributed by atoms with van der Waals surface area (Å²) in [5.41, 5.74) is -1.63. The Kier molecular flexibility index (Phi) is 6.02. The summed E-state index contributed by atoms with van der Waals surface area (Å²) in [6.45, 7) is 10.2. The van der Waals surface area contributed by atoms with E-state index >= 15 is 0 Å². The summed E-state index contributed by atoms with van der Waals surface area (Å²) < 4.78 is 10.8. The van der Waals surface area contributed by atoms with Gasteiger partial charge in [-0.15, -0.1) is 0 Å². The van der Waals surface area contributed by atoms with E-state index in [9.17, 15) is 19.2 Å². The van der Waals surface area contributed by atoms with Gasteiger partial charge in [0.1, 0.15) is 23.3 Å². The Morgan fingerprint density at radius 2 is 1.70 bits per heavy atom. The molecule has 0 radical (unpaired) electrons. The van der Waals surface area contributed by atoms with Crippen molar-refractivity contribution in [3.63, 3.8) is 0 Å². The van der Waals surface area contributed by atoms with Gasteiger partial charge in [-0.1, -0.05) is 0 Å². The highest BCUT2D eigenvalue weighted by Crippen LogP contribution is 2.41. The van der Waals surface area contributed by atoms with Crippen LogP contribution in [0.25, 0.3) is 0 Å². The predicted octanol–water partition coefficient (Wildman–Crippen LogP) is 1.54. The Hall–Kier alpha value is -2.32. The molecule has 0 aliphatic carbocycles. The van der Waals surface area contributed by atoms with Gasteiger partial charge < -0.3 is 19.3 Å². The summed E-state index contributed by atoms with van der Waals surface area (Å²) >= 11 is 0. The van der Waals surface area contributed by atoms with Gasteiger partial charge in [-0.2, -0.15) is 0 Å². The minimum atomic E-state index is -0.970. The zero-order valence-electron chi connectivity index (χ0n) is 18.6. The molecule has 0 aromatic carbocycles. The lowest BCUT2D eigenvalue weighted by Gasteiger charge is -2.54. The number of nitrogens with zero attached hydrogens (tertiary/aromatic N) is 3. The molecule has 3 aliphatic heterocycles. The number of esters is 1. The molecule has 3 rings (SSSR count). The van der Waals surface area contributed by atoms with Crippen LogP contribution in [-0.2, 0) is 23.9 Å². The molecule has 0 aromatic heterocycles. The molecule has 3 heterocycles. The fraction of sp³-hybridized carbons (Fsp3) is 0.810. The molecule has 3 fully saturated rings. The molecule has 0 aromatic rings. The van der Waals surface area contributed by atoms with E-state index in [1.54, 1.807) is 32.6 Å². The number of carbonyl (C=O) groups is 4. The first-order valence-electron chi connectivity index (χ1n) is 10.7. The number of ether oxygens (including phenoxy) is 2. The van der Waals surface area contributed by atoms with E-state index in [2.05, 4.69) is 0 Å². The lowest BCUT2D eigenvalue weighted by Crippen LogP contribution is -2.77. The van der Waals surface area contributed by atoms with E-state index in [4.69, 9.17) is 9.47 Å². The third kappa shape index (κ3) is 4.11. The van der Waals surface area contributed by atoms with Crippen LogP contribution in [0, 0.1) is 0 Å². The number of hydrogen-bond donors (Lipinski definition) is 0. The van der Waals surface area contributed by atoms with Crippen LogP contribution in [0.5, 0.6) is 0 Å². The third-order valence-electron chi connectivity index (χ3n) is 6.00. The Morgan fingerprint density at radius 1 is 1.07 bits per heavy atom. The van der Waals surface area contributed by atoms with Gasteiger partial charge in [0.25, 0.3) is 5.91 Å². The van der Waals surface area contributed by atoms with Crippen molar-refractivity contribution < 1.29 is 28.7 Å². The topological polar surface area (TPSA) is 96.5 Å². The molecule has 0 N–H and O–H groups in total. The van der Waals surface area contributed by atoms with Gasteiger partial charge in [0.15, 0.2) is 0 Å². The maximum atomic E-state index is 13.4. The summed E-state index contributed by atoms with van der Waals surface area (Å²) in [6.07, 6.45) is 1.80. The predicted molar refractivity (Wildman–Crippen MR) is 107 cm³/mol. The van der Waals surface area contributed by atoms with Gasteiger partial charge in [0.2, 0.25) is 5.91 Å². The van der Waals surface area contributed by atoms with Crippen molar-refractivity contribution in [2.24, 2.45) is 0 Å². The highest BCUT2D eigenvalue weighted by atomic mass is 16.6. The molecule has 0 saturated carbocycles. The molecule has 168 valence electrons. The van der Waals surface area contributed by atoms with Crippen molar-refractivity contribution in [2.75, 3.05) is 26.2 Å². The second kappa shape index (κ2) is 8.07. The molecule has 3 atom stereocenters. The van der Waals surface area contributed by atoms with Gasteiger partial charge in [-0.3, -0.25) is 19.3 Å². The van der Waals surface area contributed by atoms with Crippen molar-refractivity contribution in [1.82, 2.24) is 14.7 Å². The van der Waals surface area contributed by atoms with Gasteiger partial charge in [-0.05, 0) is 53.4 Å². The molecule has 3 amide bonds. The summed E-state index contributed by atoms with van der Waals surface area (Å²) in [5.74, 6) is -0.977. The molecule has 30 heavy (non-hydrogen) atoms. The van der Waals surface area contributed by atoms with Gasteiger partial charge >= 0.3 is 12.1 Å². The third-order valence-corrected chi connectivity index (χ3v) is 6.00. The molecule has 3 unspecified atom stereocenters. The molecule has 3 aliphatic rings. The first-order chi connectivity index (χ1) is 14.0. The minimum absolute atomic E-state index is 0.203. The molecule has 9 heteroatoms. The zero-order chi connectivity index (χ0) is 22.3. The monoisotopic (exact) mass is 423 g/mol. The van der Waals surface area contributed by atoms with Gasteiger partial charge in [-0.25, -0.2) is 4.79 Å². The normalized spacial score (nSPS) is 25.9. The largest absolute Gasteiger partial charge is 0.460 e. The van der Waals surface area contributed by atoms with Crippen molar-refractivity contribution >= 4 is 23.9 Å². The standard InChI is InChI=1S/C21H33N3O6/c1-14(29-15(2)25)16(17(26)22-10-6-7-11-22)23-13-21(18(23)27)9-8-12-24(21)19(28)30-20(3,4)5/h14,16H,6-13H2,1-5H3. The number of amides is 3. The quantitative estimate of drug-likeness (QED) is 0.503. The molecule has 0 bridgehead atoms. The van der Waals surface area contributed by atoms with Crippen molar-refractivity contribution in [3.8, 4) is 0 Å². The van der Waals surface area contributed by atoms with Crippen molar-refractivity contribution in [3.05, 3.63) is 0 Å². The van der Waals surface area contributed by atoms with Crippen molar-refractivity contribution in [1.29, 1.82) is 0 Å². The molecular formula is C21H33N3O6. The smallest absolute Gasteiger partial charge is 0.411 e. The average molecular weight is 424 g/mol. The average Bonchev–Trinajstić information content (AvgIpc) is 3.29. The highest BCUT2D eigenvalue weighted by molar-refractivity contribution is 6.00. The molecule has 1 spiro atoms. The van der Waals surface area contributed by atoms with E-state index < -0.39 is 35.3 Å². The Balaban J connectivity index is 1.80. The maximum absolute atomic E-state index is 13.4. The lowest BCUT2D eigenvalue weighted by atomic mass is 9.83. The lowest BCUT2D eigenvalue weighted by molar-refractivity contribution is -0.178. The van der Waals surface area contributed by atoms with E-state index in [1.807, 2.05) is 0 Å². The number of hydrogen-bond acceptors (Lipinski definition) is 6. The number of likely N-dealkylation sites (tertiary alicyclic amines) is 3. The van der Waals surface area contributed by atoms with Crippen LogP contribution in [-0.4, -0.2) is 88.0 Å². The van der Waals surface area contributed by atoms with E-state index in [1.165, 1.54) is 16.7 Å². The van der Waals surface area contributed by atoms with E-state index in [-0.39, 0.29) is 18.4 Å². The van der Waals surface area contributed by atoms with Crippen molar-refractivity contribution in [2.45, 2.75) is 83.6 Å². The Bertz CT molecular complexity index is 727. The van der Waals surface area contributed by atoms with E-state index in [0.717, 1.165) is 12.8 Å². The minimum Gasteiger partial charge on any atom is -0.460 e. The van der Waals surface area contributed by atoms with Crippen LogP contribution in [0.2, 0.25) is 0 Å². The molecular weight excluding hydrogens is 390 g/mol. The fourth-order valence-electron chi connectivity index (χ4n) is 4.71. The fourth-order valence-corrected chi connectivity index (χ4v) is 4.71. The second-order valence-electron chi connectivity index (χ2n) is 9.49. The SMILES string of the molecule is CC(=O)OC(C)C(C(=O)N1CCCC1)N1CC2(CCCN2C(=O)OC(C)(C)C)C1=O. The number of carbonyl (C=O) groups excluding carboxylic acids is 4. The zero-order valence-corrected chi connectivity index (χ0v) is 18.6. The van der Waals surface area contributed by atoms with Gasteiger partial charge in [0, 0.05) is 26.6 Å². The van der Waals surface area contributed by atoms with Crippen LogP contribution in [0.3, 0.4) is 0 Å². The maximum Gasteiger partial charge on any atom is 0.411 e. The summed E-state index contributed by atoms with van der Waals surface area (Å²) in [4.78, 5) is 55.5. The Morgan fingerprint density at radius 3 is 2.23 bits per heavy atom. The number of β-lactam (4-membered cyclic amide) rings is 1. The summed E-state index contributed by atoms with van der Waals surface area (Å²) in [5, 5.41) is 0. The van der Waals surface area contributed by atoms with Crippen LogP contribution in [0.15, 0.2) is 0 Å². The van der Waals surface area contributed by atoms with Crippen LogP contribution in [0.4, 0.5) is 4.79 Å². The molecule has 3 saturated heterocycles. The van der Waals surface area contributed by atoms with Crippen LogP contribution >= 0.6 is 0 Å². The van der Waals surface area contributed by atoms with Crippen LogP contribution in [0.1, 0.15) is 60.3 Å². The second-order valence-corrected chi connectivity index (χ2v) is 9.49. The molecule has 9 nitrogen and oxygen atoms in total. The van der Waals surface area contributed by atoms with Gasteiger partial charge in [0.05, 0.1) is 6.54 Å². The number of rotatable bonds is 4. The summed E-state index contributed by atoms with van der Waals surface area (Å²) in [7, 11) is 0. The first-order valence-corrected chi connectivity index (χ1v) is 10.7. The summed E-state index contributed by atoms with van der Waals surface area (Å²) in [6, 6.07) is -0.883. The van der Waals surface area contributed by atoms with E-state index in [0.29, 0.717) is 32.5 Å². The Labute approximate surface area is 177 Å². The first kappa shape index (κ1) is 22.4. The van der Waals surface area contributed by atoms with Crippen LogP contribution < -0.4 is 0 Å². The highest BCUT2D eigenvalue weighted by Gasteiger charge is 2.63.